The van der Waals surface area contributed by atoms with E-state index in [4.69, 9.17) is 4.74 Å². The van der Waals surface area contributed by atoms with E-state index >= 15 is 0 Å². The van der Waals surface area contributed by atoms with Crippen molar-refractivity contribution in [2.24, 2.45) is 0 Å². The summed E-state index contributed by atoms with van der Waals surface area (Å²) in [5.74, 6) is 0.755. The van der Waals surface area contributed by atoms with Gasteiger partial charge in [-0.1, -0.05) is 42.5 Å². The summed E-state index contributed by atoms with van der Waals surface area (Å²) in [6.07, 6.45) is -0.0168. The van der Waals surface area contributed by atoms with Crippen LogP contribution in [0.1, 0.15) is 6.42 Å². The molecule has 2 N–H and O–H groups in total. The molecule has 1 aliphatic rings. The topological polar surface area (TPSA) is 52.9 Å². The average molecular weight is 313 g/mol. The highest BCUT2D eigenvalue weighted by atomic mass is 16.5. The molecule has 122 valence electrons. The van der Waals surface area contributed by atoms with Crippen LogP contribution in [0.15, 0.2) is 54.6 Å². The fourth-order valence-corrected chi connectivity index (χ4v) is 2.90. The molecule has 0 aliphatic carbocycles. The maximum Gasteiger partial charge on any atom is 0.119 e. The van der Waals surface area contributed by atoms with Crippen molar-refractivity contribution in [3.05, 3.63) is 54.6 Å². The van der Waals surface area contributed by atoms with Gasteiger partial charge in [0.2, 0.25) is 0 Å². The van der Waals surface area contributed by atoms with Crippen LogP contribution in [0.5, 0.6) is 5.75 Å². The monoisotopic (exact) mass is 313 g/mol. The van der Waals surface area contributed by atoms with Crippen molar-refractivity contribution >= 4 is 0 Å². The molecule has 0 amide bonds. The lowest BCUT2D eigenvalue weighted by Crippen LogP contribution is -2.34. The van der Waals surface area contributed by atoms with Crippen LogP contribution in [0.4, 0.5) is 0 Å². The van der Waals surface area contributed by atoms with Gasteiger partial charge in [-0.15, -0.1) is 0 Å². The lowest BCUT2D eigenvalue weighted by atomic mass is 10.1. The van der Waals surface area contributed by atoms with Gasteiger partial charge in [-0.2, -0.15) is 0 Å². The lowest BCUT2D eigenvalue weighted by molar-refractivity contribution is 0.0707. The maximum atomic E-state index is 10.0. The van der Waals surface area contributed by atoms with E-state index in [1.165, 1.54) is 5.56 Å². The Labute approximate surface area is 136 Å². The first-order valence-corrected chi connectivity index (χ1v) is 8.07. The summed E-state index contributed by atoms with van der Waals surface area (Å²) in [7, 11) is 0. The maximum absolute atomic E-state index is 10.0. The van der Waals surface area contributed by atoms with Crippen molar-refractivity contribution in [3.63, 3.8) is 0 Å². The van der Waals surface area contributed by atoms with Crippen molar-refractivity contribution in [3.8, 4) is 16.9 Å². The summed E-state index contributed by atoms with van der Waals surface area (Å²) < 4.78 is 5.66. The van der Waals surface area contributed by atoms with E-state index in [0.29, 0.717) is 13.1 Å². The number of aliphatic hydroxyl groups is 2. The van der Waals surface area contributed by atoms with Crippen molar-refractivity contribution in [2.45, 2.75) is 18.6 Å². The highest BCUT2D eigenvalue weighted by Crippen LogP contribution is 2.22. The fourth-order valence-electron chi connectivity index (χ4n) is 2.90. The first-order chi connectivity index (χ1) is 11.2. The number of nitrogens with zero attached hydrogens (tertiary/aromatic N) is 1. The summed E-state index contributed by atoms with van der Waals surface area (Å²) in [6.45, 7) is 2.28. The highest BCUT2D eigenvalue weighted by Gasteiger charge is 2.22. The molecule has 1 fully saturated rings. The van der Waals surface area contributed by atoms with E-state index in [1.54, 1.807) is 0 Å². The zero-order valence-electron chi connectivity index (χ0n) is 13.1. The minimum Gasteiger partial charge on any atom is -0.491 e. The largest absolute Gasteiger partial charge is 0.491 e. The van der Waals surface area contributed by atoms with Crippen LogP contribution >= 0.6 is 0 Å². The van der Waals surface area contributed by atoms with Crippen LogP contribution in [0.25, 0.3) is 11.1 Å². The van der Waals surface area contributed by atoms with Crippen molar-refractivity contribution in [2.75, 3.05) is 26.2 Å². The van der Waals surface area contributed by atoms with Crippen LogP contribution in [0.3, 0.4) is 0 Å². The van der Waals surface area contributed by atoms with Crippen molar-refractivity contribution < 1.29 is 14.9 Å². The van der Waals surface area contributed by atoms with Gasteiger partial charge in [-0.25, -0.2) is 0 Å². The normalized spacial score (nSPS) is 19.7. The standard InChI is InChI=1S/C19H23NO3/c21-17-10-11-20(12-17)13-18(22)14-23-19-8-6-16(7-9-19)15-4-2-1-3-5-15/h1-9,17-18,21-22H,10-14H2/t17-,18?/m0/s1. The number of rotatable bonds is 6. The van der Waals surface area contributed by atoms with Gasteiger partial charge in [0.05, 0.1) is 6.10 Å². The average Bonchev–Trinajstić information content (AvgIpc) is 2.99. The molecule has 4 heteroatoms. The Kier molecular flexibility index (Phi) is 5.28. The third-order valence-electron chi connectivity index (χ3n) is 4.12. The first kappa shape index (κ1) is 16.0. The zero-order chi connectivity index (χ0) is 16.1. The van der Waals surface area contributed by atoms with Crippen LogP contribution in [0, 0.1) is 0 Å². The molecule has 1 heterocycles. The fraction of sp³-hybridized carbons (Fsp3) is 0.368. The predicted octanol–water partition coefficient (Wildman–Crippen LogP) is 2.16. The van der Waals surface area contributed by atoms with Crippen LogP contribution in [0.2, 0.25) is 0 Å². The minimum atomic E-state index is -0.547. The minimum absolute atomic E-state index is 0.256. The van der Waals surface area contributed by atoms with Gasteiger partial charge in [0, 0.05) is 19.6 Å². The first-order valence-electron chi connectivity index (χ1n) is 8.07. The number of ether oxygens (including phenoxy) is 1. The third-order valence-corrected chi connectivity index (χ3v) is 4.12. The summed E-state index contributed by atoms with van der Waals surface area (Å²) in [4.78, 5) is 2.07. The number of benzene rings is 2. The van der Waals surface area contributed by atoms with Gasteiger partial charge in [0.1, 0.15) is 18.5 Å². The van der Waals surface area contributed by atoms with E-state index in [-0.39, 0.29) is 12.7 Å². The molecule has 4 nitrogen and oxygen atoms in total. The quantitative estimate of drug-likeness (QED) is 0.858. The Hall–Kier alpha value is -1.88. The zero-order valence-corrected chi connectivity index (χ0v) is 13.1. The molecule has 0 aromatic heterocycles. The van der Waals surface area contributed by atoms with Gasteiger partial charge in [-0.05, 0) is 29.7 Å². The summed E-state index contributed by atoms with van der Waals surface area (Å²) >= 11 is 0. The number of likely N-dealkylation sites (tertiary alicyclic amines) is 1. The molecule has 1 aliphatic heterocycles. The predicted molar refractivity (Wildman–Crippen MR) is 90.4 cm³/mol. The Bertz CT molecular complexity index is 600. The Morgan fingerprint density at radius 1 is 1.04 bits per heavy atom. The smallest absolute Gasteiger partial charge is 0.119 e. The second-order valence-electron chi connectivity index (χ2n) is 6.06. The Morgan fingerprint density at radius 2 is 1.74 bits per heavy atom. The molecule has 0 radical (unpaired) electrons. The van der Waals surface area contributed by atoms with Crippen LogP contribution in [-0.4, -0.2) is 53.6 Å². The van der Waals surface area contributed by atoms with Gasteiger partial charge in [-0.3, -0.25) is 4.90 Å². The van der Waals surface area contributed by atoms with Gasteiger partial charge >= 0.3 is 0 Å². The van der Waals surface area contributed by atoms with Crippen LogP contribution < -0.4 is 4.74 Å². The Morgan fingerprint density at radius 3 is 2.39 bits per heavy atom. The molecule has 0 spiro atoms. The highest BCUT2D eigenvalue weighted by molar-refractivity contribution is 5.63. The number of hydrogen-bond acceptors (Lipinski definition) is 4. The molecule has 0 saturated carbocycles. The van der Waals surface area contributed by atoms with Gasteiger partial charge in [0.15, 0.2) is 0 Å². The molecule has 2 atom stereocenters. The molecule has 3 rings (SSSR count). The molecule has 1 unspecified atom stereocenters. The van der Waals surface area contributed by atoms with Crippen LogP contribution in [-0.2, 0) is 0 Å². The summed E-state index contributed by atoms with van der Waals surface area (Å²) in [6, 6.07) is 18.1. The number of aliphatic hydroxyl groups excluding tert-OH is 2. The van der Waals surface area contributed by atoms with E-state index in [1.807, 2.05) is 42.5 Å². The van der Waals surface area contributed by atoms with E-state index in [2.05, 4.69) is 17.0 Å². The van der Waals surface area contributed by atoms with Crippen molar-refractivity contribution in [1.82, 2.24) is 4.90 Å². The van der Waals surface area contributed by atoms with Crippen molar-refractivity contribution in [1.29, 1.82) is 0 Å². The SMILES string of the molecule is OC(COc1ccc(-c2ccccc2)cc1)CN1CC[C@H](O)C1. The van der Waals surface area contributed by atoms with E-state index < -0.39 is 6.10 Å². The van der Waals surface area contributed by atoms with Gasteiger partial charge < -0.3 is 14.9 Å². The van der Waals surface area contributed by atoms with E-state index in [9.17, 15) is 10.2 Å². The molecular formula is C19H23NO3. The number of β-amino-alcohol motifs (C(OH)–C–C–N with tert-alkyl or cyclic N) is 2. The third kappa shape index (κ3) is 4.55. The lowest BCUT2D eigenvalue weighted by Gasteiger charge is -2.19. The summed E-state index contributed by atoms with van der Waals surface area (Å²) in [5.41, 5.74) is 2.32. The number of hydrogen-bond donors (Lipinski definition) is 2. The second-order valence-corrected chi connectivity index (χ2v) is 6.06. The molecular weight excluding hydrogens is 290 g/mol. The summed E-state index contributed by atoms with van der Waals surface area (Å²) in [5, 5.41) is 19.5. The molecule has 23 heavy (non-hydrogen) atoms. The van der Waals surface area contributed by atoms with Gasteiger partial charge in [0.25, 0.3) is 0 Å². The second kappa shape index (κ2) is 7.59. The molecule has 0 bridgehead atoms. The molecule has 2 aromatic rings. The van der Waals surface area contributed by atoms with E-state index in [0.717, 1.165) is 24.3 Å². The molecule has 2 aromatic carbocycles. The Balaban J connectivity index is 1.48. The molecule has 1 saturated heterocycles.